The van der Waals surface area contributed by atoms with E-state index in [1.165, 1.54) is 0 Å². The maximum atomic E-state index is 11.7. The maximum absolute atomic E-state index is 11.7. The lowest BCUT2D eigenvalue weighted by atomic mass is 9.97. The molecular weight excluding hydrogens is 294 g/mol. The summed E-state index contributed by atoms with van der Waals surface area (Å²) in [5, 5.41) is 40.5. The molecule has 1 aliphatic heterocycles. The predicted molar refractivity (Wildman–Crippen MR) is 73.5 cm³/mol. The van der Waals surface area contributed by atoms with E-state index >= 15 is 0 Å². The van der Waals surface area contributed by atoms with Crippen LogP contribution in [0, 0.1) is 0 Å². The fourth-order valence-corrected chi connectivity index (χ4v) is 2.15. The van der Waals surface area contributed by atoms with Gasteiger partial charge in [0.25, 0.3) is 0 Å². The highest BCUT2D eigenvalue weighted by Crippen LogP contribution is 2.19. The Balaban J connectivity index is 1.87. The number of hydrogen-bond donors (Lipinski definition) is 5. The number of aliphatic hydroxyl groups is 4. The van der Waals surface area contributed by atoms with Crippen LogP contribution in [-0.4, -0.2) is 63.8 Å². The number of ether oxygens (including phenoxy) is 2. The quantitative estimate of drug-likeness (QED) is 0.468. The Bertz CT molecular complexity index is 483. The van der Waals surface area contributed by atoms with Crippen LogP contribution in [-0.2, 0) is 16.1 Å². The van der Waals surface area contributed by atoms with Crippen molar-refractivity contribution < 1.29 is 34.7 Å². The van der Waals surface area contributed by atoms with Gasteiger partial charge in [0.1, 0.15) is 31.0 Å². The van der Waals surface area contributed by atoms with Crippen LogP contribution in [0.2, 0.25) is 0 Å². The van der Waals surface area contributed by atoms with Crippen molar-refractivity contribution in [2.45, 2.75) is 37.3 Å². The van der Waals surface area contributed by atoms with Crippen LogP contribution in [0.3, 0.4) is 0 Å². The first-order chi connectivity index (χ1) is 10.5. The number of nitrogens with one attached hydrogen (secondary N) is 1. The third-order valence-electron chi connectivity index (χ3n) is 3.40. The highest BCUT2D eigenvalue weighted by molar-refractivity contribution is 5.67. The summed E-state index contributed by atoms with van der Waals surface area (Å²) in [5.41, 5.74) is 0.777. The molecule has 1 amide bonds. The number of benzene rings is 1. The molecular formula is C14H19NO7. The van der Waals surface area contributed by atoms with E-state index in [0.717, 1.165) is 5.56 Å². The van der Waals surface area contributed by atoms with E-state index in [4.69, 9.17) is 14.6 Å². The molecule has 1 aromatic carbocycles. The third kappa shape index (κ3) is 3.93. The van der Waals surface area contributed by atoms with Gasteiger partial charge in [0, 0.05) is 0 Å². The summed E-state index contributed by atoms with van der Waals surface area (Å²) in [6, 6.07) is 7.71. The van der Waals surface area contributed by atoms with Crippen molar-refractivity contribution in [3.8, 4) is 0 Å². The van der Waals surface area contributed by atoms with Gasteiger partial charge in [-0.1, -0.05) is 30.3 Å². The molecule has 0 spiro atoms. The molecule has 1 aliphatic rings. The number of hydrogen-bond acceptors (Lipinski definition) is 7. The van der Waals surface area contributed by atoms with E-state index in [2.05, 4.69) is 5.32 Å². The minimum atomic E-state index is -1.57. The zero-order chi connectivity index (χ0) is 16.1. The van der Waals surface area contributed by atoms with Crippen molar-refractivity contribution in [1.82, 2.24) is 5.32 Å². The Morgan fingerprint density at radius 1 is 1.18 bits per heavy atom. The second-order valence-corrected chi connectivity index (χ2v) is 4.96. The fraction of sp³-hybridized carbons (Fsp3) is 0.500. The molecule has 22 heavy (non-hydrogen) atoms. The van der Waals surface area contributed by atoms with Crippen molar-refractivity contribution in [1.29, 1.82) is 0 Å². The van der Waals surface area contributed by atoms with Crippen LogP contribution in [0.4, 0.5) is 4.79 Å². The van der Waals surface area contributed by atoms with Gasteiger partial charge >= 0.3 is 6.09 Å². The summed E-state index contributed by atoms with van der Waals surface area (Å²) in [6.07, 6.45) is -6.49. The zero-order valence-electron chi connectivity index (χ0n) is 11.7. The Morgan fingerprint density at radius 2 is 1.86 bits per heavy atom. The van der Waals surface area contributed by atoms with Crippen LogP contribution in [0.15, 0.2) is 30.3 Å². The van der Waals surface area contributed by atoms with Crippen molar-refractivity contribution in [3.05, 3.63) is 35.9 Å². The van der Waals surface area contributed by atoms with E-state index in [1.807, 2.05) is 6.07 Å². The molecule has 1 heterocycles. The Hall–Kier alpha value is -1.71. The summed E-state index contributed by atoms with van der Waals surface area (Å²) in [5.74, 6) is 0. The van der Waals surface area contributed by atoms with Gasteiger partial charge in [0.2, 0.25) is 0 Å². The van der Waals surface area contributed by atoms with Crippen molar-refractivity contribution in [2.24, 2.45) is 0 Å². The molecule has 122 valence electrons. The molecule has 5 N–H and O–H groups in total. The first-order valence-corrected chi connectivity index (χ1v) is 6.80. The smallest absolute Gasteiger partial charge is 0.407 e. The highest BCUT2D eigenvalue weighted by atomic mass is 16.6. The zero-order valence-corrected chi connectivity index (χ0v) is 11.7. The predicted octanol–water partition coefficient (Wildman–Crippen LogP) is -1.29. The normalized spacial score (nSPS) is 31.5. The minimum absolute atomic E-state index is 0.0221. The molecule has 0 radical (unpaired) electrons. The topological polar surface area (TPSA) is 128 Å². The van der Waals surface area contributed by atoms with E-state index in [-0.39, 0.29) is 6.61 Å². The number of rotatable bonds is 4. The van der Waals surface area contributed by atoms with E-state index in [1.54, 1.807) is 24.3 Å². The Labute approximate surface area is 126 Å². The first kappa shape index (κ1) is 16.7. The van der Waals surface area contributed by atoms with Crippen LogP contribution >= 0.6 is 0 Å². The van der Waals surface area contributed by atoms with Crippen LogP contribution in [0.5, 0.6) is 0 Å². The van der Waals surface area contributed by atoms with Gasteiger partial charge in [0.05, 0.1) is 6.61 Å². The van der Waals surface area contributed by atoms with Gasteiger partial charge < -0.3 is 35.2 Å². The number of amides is 1. The Kier molecular flexibility index (Phi) is 5.69. The molecule has 1 aromatic rings. The lowest BCUT2D eigenvalue weighted by Crippen LogP contribution is -2.64. The summed E-state index contributed by atoms with van der Waals surface area (Å²) in [7, 11) is 0. The highest BCUT2D eigenvalue weighted by Gasteiger charge is 2.44. The molecule has 1 fully saturated rings. The van der Waals surface area contributed by atoms with Crippen LogP contribution in [0.1, 0.15) is 5.56 Å². The van der Waals surface area contributed by atoms with Gasteiger partial charge in [0.15, 0.2) is 6.29 Å². The van der Waals surface area contributed by atoms with Gasteiger partial charge in [-0.3, -0.25) is 0 Å². The molecule has 0 bridgehead atoms. The molecule has 5 atom stereocenters. The summed E-state index contributed by atoms with van der Waals surface area (Å²) >= 11 is 0. The van der Waals surface area contributed by atoms with Crippen molar-refractivity contribution in [3.63, 3.8) is 0 Å². The lowest BCUT2D eigenvalue weighted by Gasteiger charge is -2.39. The SMILES string of the molecule is O=C(N[C@H]1C(O)OC(CO)C(O)C1O)OCc1ccccc1. The molecule has 8 nitrogen and oxygen atoms in total. The molecule has 4 unspecified atom stereocenters. The van der Waals surface area contributed by atoms with Crippen molar-refractivity contribution >= 4 is 6.09 Å². The van der Waals surface area contributed by atoms with E-state index in [0.29, 0.717) is 0 Å². The monoisotopic (exact) mass is 313 g/mol. The summed E-state index contributed by atoms with van der Waals surface area (Å²) in [6.45, 7) is -0.547. The van der Waals surface area contributed by atoms with Gasteiger partial charge in [-0.25, -0.2) is 4.79 Å². The van der Waals surface area contributed by atoms with Gasteiger partial charge in [-0.15, -0.1) is 0 Å². The number of carbonyl (C=O) groups excluding carboxylic acids is 1. The summed E-state index contributed by atoms with van der Waals surface area (Å²) < 4.78 is 9.88. The lowest BCUT2D eigenvalue weighted by molar-refractivity contribution is -0.253. The van der Waals surface area contributed by atoms with Gasteiger partial charge in [-0.2, -0.15) is 0 Å². The molecule has 0 saturated carbocycles. The molecule has 8 heteroatoms. The van der Waals surface area contributed by atoms with Crippen LogP contribution < -0.4 is 5.32 Å². The molecule has 1 saturated heterocycles. The maximum Gasteiger partial charge on any atom is 0.407 e. The fourth-order valence-electron chi connectivity index (χ4n) is 2.15. The second-order valence-electron chi connectivity index (χ2n) is 4.96. The number of alkyl carbamates (subject to hydrolysis) is 1. The second kappa shape index (κ2) is 7.52. The standard InChI is InChI=1S/C14H19NO7/c16-6-9-11(17)12(18)10(13(19)22-9)15-14(20)21-7-8-4-2-1-3-5-8/h1-5,9-13,16-19H,6-7H2,(H,15,20)/t9?,10-,11?,12?,13?/m1/s1. The molecule has 0 aromatic heterocycles. The average Bonchev–Trinajstić information content (AvgIpc) is 2.54. The van der Waals surface area contributed by atoms with Crippen LogP contribution in [0.25, 0.3) is 0 Å². The van der Waals surface area contributed by atoms with E-state index < -0.39 is 43.3 Å². The molecule has 2 rings (SSSR count). The van der Waals surface area contributed by atoms with Gasteiger partial charge in [-0.05, 0) is 5.56 Å². The van der Waals surface area contributed by atoms with Crippen molar-refractivity contribution in [2.75, 3.05) is 6.61 Å². The largest absolute Gasteiger partial charge is 0.445 e. The summed E-state index contributed by atoms with van der Waals surface area (Å²) in [4.78, 5) is 11.7. The average molecular weight is 313 g/mol. The number of carbonyl (C=O) groups is 1. The first-order valence-electron chi connectivity index (χ1n) is 6.80. The molecule has 0 aliphatic carbocycles. The van der Waals surface area contributed by atoms with E-state index in [9.17, 15) is 20.1 Å². The number of aliphatic hydroxyl groups excluding tert-OH is 4. The Morgan fingerprint density at radius 3 is 2.50 bits per heavy atom. The third-order valence-corrected chi connectivity index (χ3v) is 3.40. The minimum Gasteiger partial charge on any atom is -0.445 e.